The number of aryl methyl sites for hydroxylation is 1. The fourth-order valence-electron chi connectivity index (χ4n) is 3.34. The molecule has 3 heterocycles. The van der Waals surface area contributed by atoms with E-state index in [9.17, 15) is 18.0 Å². The Morgan fingerprint density at radius 3 is 2.67 bits per heavy atom. The summed E-state index contributed by atoms with van der Waals surface area (Å²) in [4.78, 5) is 16.5. The normalized spacial score (nSPS) is 17.5. The van der Waals surface area contributed by atoms with Crippen molar-refractivity contribution < 1.29 is 18.0 Å². The van der Waals surface area contributed by atoms with Gasteiger partial charge >= 0.3 is 6.18 Å². The van der Waals surface area contributed by atoms with Gasteiger partial charge in [-0.3, -0.25) is 14.5 Å². The number of nitrogens with zero attached hydrogens (tertiary/aromatic N) is 3. The van der Waals surface area contributed by atoms with Gasteiger partial charge in [-0.2, -0.15) is 18.3 Å². The van der Waals surface area contributed by atoms with Gasteiger partial charge in [0, 0.05) is 48.6 Å². The molecule has 0 spiro atoms. The first-order valence-corrected chi connectivity index (χ1v) is 8.91. The van der Waals surface area contributed by atoms with Gasteiger partial charge in [-0.1, -0.05) is 26.8 Å². The van der Waals surface area contributed by atoms with Crippen molar-refractivity contribution in [3.05, 3.63) is 30.2 Å². The van der Waals surface area contributed by atoms with Crippen molar-refractivity contribution in [1.29, 1.82) is 0 Å². The molecule has 1 unspecified atom stereocenters. The van der Waals surface area contributed by atoms with Gasteiger partial charge < -0.3 is 5.32 Å². The summed E-state index contributed by atoms with van der Waals surface area (Å²) in [5, 5.41) is 7.20. The summed E-state index contributed by atoms with van der Waals surface area (Å²) in [7, 11) is 0. The van der Waals surface area contributed by atoms with Crippen molar-refractivity contribution in [1.82, 2.24) is 14.8 Å². The van der Waals surface area contributed by atoms with Gasteiger partial charge in [0.1, 0.15) is 0 Å². The summed E-state index contributed by atoms with van der Waals surface area (Å²) in [6.45, 7) is 6.00. The lowest BCUT2D eigenvalue weighted by Crippen LogP contribution is -2.31. The van der Waals surface area contributed by atoms with Crippen LogP contribution < -0.4 is 5.32 Å². The molecule has 1 aliphatic rings. The zero-order valence-corrected chi connectivity index (χ0v) is 15.6. The fraction of sp³-hybridized carbons (Fsp3) is 0.526. The summed E-state index contributed by atoms with van der Waals surface area (Å²) >= 11 is 0. The number of hydrogen-bond donors (Lipinski definition) is 1. The number of amides is 1. The Bertz CT molecular complexity index is 822. The van der Waals surface area contributed by atoms with Crippen LogP contribution in [0.4, 0.5) is 19.0 Å². The Kier molecular flexibility index (Phi) is 5.01. The van der Waals surface area contributed by atoms with Gasteiger partial charge in [-0.05, 0) is 17.9 Å². The van der Waals surface area contributed by atoms with E-state index >= 15 is 0 Å². The molecule has 5 nitrogen and oxygen atoms in total. The number of fused-ring (bicyclic) bond motifs is 1. The average molecular weight is 380 g/mol. The molecule has 0 saturated heterocycles. The predicted octanol–water partition coefficient (Wildman–Crippen LogP) is 4.44. The number of aromatic nitrogens is 3. The van der Waals surface area contributed by atoms with E-state index in [0.29, 0.717) is 22.6 Å². The largest absolute Gasteiger partial charge is 0.392 e. The zero-order chi connectivity index (χ0) is 19.8. The van der Waals surface area contributed by atoms with Crippen molar-refractivity contribution >= 4 is 11.7 Å². The van der Waals surface area contributed by atoms with E-state index in [0.717, 1.165) is 0 Å². The van der Waals surface area contributed by atoms with Crippen molar-refractivity contribution in [2.75, 3.05) is 5.32 Å². The van der Waals surface area contributed by atoms with E-state index in [4.69, 9.17) is 0 Å². The highest BCUT2D eigenvalue weighted by Crippen LogP contribution is 2.40. The fourth-order valence-corrected chi connectivity index (χ4v) is 3.34. The first-order chi connectivity index (χ1) is 12.5. The SMILES string of the molecule is CC(C)(C)CC(=O)Nc1nn2c(c1-c1cccnc1)CC(C(F)(F)F)CC2. The summed E-state index contributed by atoms with van der Waals surface area (Å²) in [6, 6.07) is 3.48. The van der Waals surface area contributed by atoms with Crippen molar-refractivity contribution in [2.24, 2.45) is 11.3 Å². The Morgan fingerprint density at radius 2 is 2.07 bits per heavy atom. The Morgan fingerprint density at radius 1 is 1.33 bits per heavy atom. The number of hydrogen-bond acceptors (Lipinski definition) is 3. The lowest BCUT2D eigenvalue weighted by molar-refractivity contribution is -0.179. The van der Waals surface area contributed by atoms with Gasteiger partial charge in [0.15, 0.2) is 5.82 Å². The van der Waals surface area contributed by atoms with Crippen molar-refractivity contribution in [3.63, 3.8) is 0 Å². The summed E-state index contributed by atoms with van der Waals surface area (Å²) < 4.78 is 41.4. The number of anilines is 1. The van der Waals surface area contributed by atoms with Crippen LogP contribution in [0.5, 0.6) is 0 Å². The lowest BCUT2D eigenvalue weighted by Gasteiger charge is -2.26. The first kappa shape index (κ1) is 19.4. The molecule has 0 aromatic carbocycles. The van der Waals surface area contributed by atoms with E-state index in [1.165, 1.54) is 0 Å². The van der Waals surface area contributed by atoms with E-state index in [2.05, 4.69) is 15.4 Å². The van der Waals surface area contributed by atoms with Gasteiger partial charge in [-0.15, -0.1) is 0 Å². The molecule has 1 amide bonds. The maximum atomic E-state index is 13.3. The van der Waals surface area contributed by atoms with Crippen LogP contribution in [0.25, 0.3) is 11.1 Å². The maximum Gasteiger partial charge on any atom is 0.392 e. The smallest absolute Gasteiger partial charge is 0.309 e. The summed E-state index contributed by atoms with van der Waals surface area (Å²) in [5.41, 5.74) is 1.45. The Labute approximate surface area is 156 Å². The minimum absolute atomic E-state index is 0.0139. The second-order valence-electron chi connectivity index (χ2n) is 8.15. The molecule has 2 aromatic heterocycles. The highest BCUT2D eigenvalue weighted by atomic mass is 19.4. The summed E-state index contributed by atoms with van der Waals surface area (Å²) in [6.07, 6.45) is -0.968. The van der Waals surface area contributed by atoms with Gasteiger partial charge in [-0.25, -0.2) is 0 Å². The number of carbonyl (C=O) groups is 1. The minimum atomic E-state index is -4.25. The Balaban J connectivity index is 2.00. The maximum absolute atomic E-state index is 13.3. The van der Waals surface area contributed by atoms with Crippen LogP contribution in [0.2, 0.25) is 0 Å². The molecule has 0 radical (unpaired) electrons. The van der Waals surface area contributed by atoms with Gasteiger partial charge in [0.25, 0.3) is 0 Å². The minimum Gasteiger partial charge on any atom is -0.309 e. The molecule has 0 bridgehead atoms. The molecule has 0 aliphatic carbocycles. The third-order valence-electron chi connectivity index (χ3n) is 4.55. The number of nitrogens with one attached hydrogen (secondary N) is 1. The quantitative estimate of drug-likeness (QED) is 0.856. The van der Waals surface area contributed by atoms with Crippen LogP contribution >= 0.6 is 0 Å². The highest BCUT2D eigenvalue weighted by Gasteiger charge is 2.43. The van der Waals surface area contributed by atoms with Crippen molar-refractivity contribution in [3.8, 4) is 11.1 Å². The lowest BCUT2D eigenvalue weighted by atomic mass is 9.91. The topological polar surface area (TPSA) is 59.8 Å². The summed E-state index contributed by atoms with van der Waals surface area (Å²) in [5.74, 6) is -1.32. The number of alkyl halides is 3. The molecule has 1 N–H and O–H groups in total. The predicted molar refractivity (Wildman–Crippen MR) is 96.0 cm³/mol. The molecule has 0 fully saturated rings. The molecule has 1 atom stereocenters. The molecule has 27 heavy (non-hydrogen) atoms. The van der Waals surface area contributed by atoms with Crippen LogP contribution in [-0.2, 0) is 17.8 Å². The number of halogens is 3. The third kappa shape index (κ3) is 4.48. The molecular weight excluding hydrogens is 357 g/mol. The molecule has 2 aromatic rings. The van der Waals surface area contributed by atoms with Crippen LogP contribution in [0.1, 0.15) is 39.3 Å². The van der Waals surface area contributed by atoms with Crippen LogP contribution in [0.15, 0.2) is 24.5 Å². The molecule has 3 rings (SSSR count). The standard InChI is InChI=1S/C19H23F3N4O/c1-18(2,3)10-15(27)24-17-16(12-5-4-7-23-11-12)14-9-13(19(20,21)22)6-8-26(14)25-17/h4-5,7,11,13H,6,8-10H2,1-3H3,(H,24,25,27). The van der Waals surface area contributed by atoms with Crippen LogP contribution in [-0.4, -0.2) is 26.8 Å². The monoisotopic (exact) mass is 380 g/mol. The molecule has 146 valence electrons. The number of rotatable bonds is 3. The molecular formula is C19H23F3N4O. The number of pyridine rings is 1. The van der Waals surface area contributed by atoms with Gasteiger partial charge in [0.2, 0.25) is 5.91 Å². The zero-order valence-electron chi connectivity index (χ0n) is 15.6. The van der Waals surface area contributed by atoms with Crippen LogP contribution in [0, 0.1) is 11.3 Å². The van der Waals surface area contributed by atoms with E-state index < -0.39 is 12.1 Å². The molecule has 8 heteroatoms. The van der Waals surface area contributed by atoms with Gasteiger partial charge in [0.05, 0.1) is 5.92 Å². The van der Waals surface area contributed by atoms with E-state index in [-0.39, 0.29) is 37.1 Å². The van der Waals surface area contributed by atoms with E-state index in [1.54, 1.807) is 29.2 Å². The second-order valence-corrected chi connectivity index (χ2v) is 8.15. The third-order valence-corrected chi connectivity index (χ3v) is 4.55. The molecule has 0 saturated carbocycles. The first-order valence-electron chi connectivity index (χ1n) is 8.91. The van der Waals surface area contributed by atoms with E-state index in [1.807, 2.05) is 20.8 Å². The van der Waals surface area contributed by atoms with Crippen molar-refractivity contribution in [2.45, 2.75) is 52.8 Å². The Hall–Kier alpha value is -2.38. The molecule has 1 aliphatic heterocycles. The average Bonchev–Trinajstić information content (AvgIpc) is 2.89. The second kappa shape index (κ2) is 6.98. The number of carbonyl (C=O) groups excluding carboxylic acids is 1. The highest BCUT2D eigenvalue weighted by molar-refractivity contribution is 5.95. The van der Waals surface area contributed by atoms with Crippen LogP contribution in [0.3, 0.4) is 0 Å².